The van der Waals surface area contributed by atoms with Gasteiger partial charge in [-0.2, -0.15) is 0 Å². The van der Waals surface area contributed by atoms with Gasteiger partial charge >= 0.3 is 5.97 Å². The molecule has 0 fully saturated rings. The second-order valence-electron chi connectivity index (χ2n) is 4.38. The molecule has 0 spiro atoms. The van der Waals surface area contributed by atoms with Crippen molar-refractivity contribution in [1.82, 2.24) is 4.90 Å². The molecule has 19 heavy (non-hydrogen) atoms. The lowest BCUT2D eigenvalue weighted by Crippen LogP contribution is -2.29. The van der Waals surface area contributed by atoms with E-state index in [-0.39, 0.29) is 13.0 Å². The number of aliphatic hydroxyl groups is 1. The molecule has 1 aromatic carbocycles. The molecule has 1 rings (SSSR count). The van der Waals surface area contributed by atoms with Gasteiger partial charge in [0.1, 0.15) is 0 Å². The Labute approximate surface area is 113 Å². The predicted octanol–water partition coefficient (Wildman–Crippen LogP) is 0.754. The largest absolute Gasteiger partial charge is 0.481 e. The molecule has 0 radical (unpaired) electrons. The van der Waals surface area contributed by atoms with Gasteiger partial charge in [-0.25, -0.2) is 0 Å². The first-order valence-electron chi connectivity index (χ1n) is 6.27. The highest BCUT2D eigenvalue weighted by Crippen LogP contribution is 2.08. The lowest BCUT2D eigenvalue weighted by atomic mass is 10.1. The van der Waals surface area contributed by atoms with Crippen LogP contribution in [0.1, 0.15) is 11.1 Å². The van der Waals surface area contributed by atoms with Crippen LogP contribution in [0.4, 0.5) is 0 Å². The van der Waals surface area contributed by atoms with Gasteiger partial charge in [0.05, 0.1) is 19.6 Å². The Morgan fingerprint density at radius 3 is 2.37 bits per heavy atom. The molecule has 5 heteroatoms. The number of carboxylic acids is 1. The maximum atomic E-state index is 10.6. The van der Waals surface area contributed by atoms with Crippen molar-refractivity contribution in [2.75, 3.05) is 33.4 Å². The lowest BCUT2D eigenvalue weighted by Gasteiger charge is -2.21. The number of carbonyl (C=O) groups is 1. The molecule has 0 saturated carbocycles. The van der Waals surface area contributed by atoms with Gasteiger partial charge in [-0.1, -0.05) is 24.3 Å². The topological polar surface area (TPSA) is 70.0 Å². The molecule has 0 heterocycles. The van der Waals surface area contributed by atoms with Crippen molar-refractivity contribution >= 4 is 5.97 Å². The van der Waals surface area contributed by atoms with Crippen LogP contribution in [0.15, 0.2) is 24.3 Å². The van der Waals surface area contributed by atoms with Crippen LogP contribution < -0.4 is 0 Å². The quantitative estimate of drug-likeness (QED) is 0.691. The average Bonchev–Trinajstić information content (AvgIpc) is 2.38. The van der Waals surface area contributed by atoms with Crippen molar-refractivity contribution in [1.29, 1.82) is 0 Å². The third kappa shape index (κ3) is 6.33. The molecule has 0 amide bonds. The van der Waals surface area contributed by atoms with Gasteiger partial charge in [0.15, 0.2) is 0 Å². The van der Waals surface area contributed by atoms with Crippen LogP contribution in [-0.4, -0.2) is 54.5 Å². The van der Waals surface area contributed by atoms with E-state index in [2.05, 4.69) is 4.90 Å². The van der Waals surface area contributed by atoms with Crippen LogP contribution in [0.25, 0.3) is 0 Å². The molecule has 0 atom stereocenters. The summed E-state index contributed by atoms with van der Waals surface area (Å²) in [5, 5.41) is 17.7. The van der Waals surface area contributed by atoms with E-state index in [4.69, 9.17) is 14.9 Å². The van der Waals surface area contributed by atoms with E-state index in [1.807, 2.05) is 24.3 Å². The molecule has 1 aromatic rings. The molecule has 0 aliphatic heterocycles. The van der Waals surface area contributed by atoms with Crippen LogP contribution in [0.5, 0.6) is 0 Å². The highest BCUT2D eigenvalue weighted by molar-refractivity contribution is 5.70. The maximum absolute atomic E-state index is 10.6. The standard InChI is InChI=1S/C14H21NO4/c1-19-9-7-15(6-8-16)11-13-4-2-12(3-5-13)10-14(17)18/h2-5,16H,6-11H2,1H3,(H,17,18). The number of hydrogen-bond acceptors (Lipinski definition) is 4. The Hall–Kier alpha value is -1.43. The van der Waals surface area contributed by atoms with Crippen LogP contribution in [0, 0.1) is 0 Å². The third-order valence-electron chi connectivity index (χ3n) is 2.81. The van der Waals surface area contributed by atoms with E-state index in [0.29, 0.717) is 13.2 Å². The number of aliphatic carboxylic acids is 1. The summed E-state index contributed by atoms with van der Waals surface area (Å²) in [6.45, 7) is 2.81. The Bertz CT molecular complexity index is 378. The molecule has 0 aliphatic rings. The van der Waals surface area contributed by atoms with E-state index >= 15 is 0 Å². The fraction of sp³-hybridized carbons (Fsp3) is 0.500. The van der Waals surface area contributed by atoms with Gasteiger partial charge < -0.3 is 14.9 Å². The van der Waals surface area contributed by atoms with Gasteiger partial charge in [-0.15, -0.1) is 0 Å². The molecule has 0 aliphatic carbocycles. The number of benzene rings is 1. The zero-order valence-electron chi connectivity index (χ0n) is 11.2. The maximum Gasteiger partial charge on any atom is 0.307 e. The summed E-state index contributed by atoms with van der Waals surface area (Å²) in [5.74, 6) is -0.824. The highest BCUT2D eigenvalue weighted by Gasteiger charge is 2.06. The first-order chi connectivity index (χ1) is 9.15. The summed E-state index contributed by atoms with van der Waals surface area (Å²) in [6.07, 6.45) is 0.0459. The third-order valence-corrected chi connectivity index (χ3v) is 2.81. The number of nitrogens with zero attached hydrogens (tertiary/aromatic N) is 1. The van der Waals surface area contributed by atoms with Gasteiger partial charge in [-0.05, 0) is 11.1 Å². The van der Waals surface area contributed by atoms with Crippen molar-refractivity contribution in [3.63, 3.8) is 0 Å². The van der Waals surface area contributed by atoms with Crippen molar-refractivity contribution in [3.05, 3.63) is 35.4 Å². The van der Waals surface area contributed by atoms with Gasteiger partial charge in [0, 0.05) is 26.7 Å². The average molecular weight is 267 g/mol. The smallest absolute Gasteiger partial charge is 0.307 e. The minimum Gasteiger partial charge on any atom is -0.481 e. The number of methoxy groups -OCH3 is 1. The van der Waals surface area contributed by atoms with Gasteiger partial charge in [0.25, 0.3) is 0 Å². The van der Waals surface area contributed by atoms with E-state index in [0.717, 1.165) is 24.2 Å². The van der Waals surface area contributed by atoms with E-state index in [1.54, 1.807) is 7.11 Å². The SMILES string of the molecule is COCCN(CCO)Cc1ccc(CC(=O)O)cc1. The molecular weight excluding hydrogens is 246 g/mol. The molecule has 0 saturated heterocycles. The Kier molecular flexibility index (Phi) is 7.10. The number of rotatable bonds is 9. The minimum atomic E-state index is -0.824. The summed E-state index contributed by atoms with van der Waals surface area (Å²) in [7, 11) is 1.65. The zero-order valence-corrected chi connectivity index (χ0v) is 11.2. The molecule has 0 bridgehead atoms. The Balaban J connectivity index is 2.55. The summed E-state index contributed by atoms with van der Waals surface area (Å²) in [6, 6.07) is 7.51. The Morgan fingerprint density at radius 2 is 1.84 bits per heavy atom. The minimum absolute atomic E-state index is 0.0459. The second-order valence-corrected chi connectivity index (χ2v) is 4.38. The van der Waals surface area contributed by atoms with Crippen molar-refractivity contribution in [2.24, 2.45) is 0 Å². The number of carboxylic acid groups (broad SMARTS) is 1. The number of hydrogen-bond donors (Lipinski definition) is 2. The summed E-state index contributed by atoms with van der Waals surface area (Å²) < 4.78 is 5.03. The summed E-state index contributed by atoms with van der Waals surface area (Å²) in [4.78, 5) is 12.7. The molecule has 5 nitrogen and oxygen atoms in total. The molecular formula is C14H21NO4. The molecule has 2 N–H and O–H groups in total. The number of aliphatic hydroxyl groups excluding tert-OH is 1. The first-order valence-corrected chi connectivity index (χ1v) is 6.27. The summed E-state index contributed by atoms with van der Waals surface area (Å²) in [5.41, 5.74) is 1.89. The van der Waals surface area contributed by atoms with Crippen molar-refractivity contribution < 1.29 is 19.7 Å². The number of ether oxygens (including phenoxy) is 1. The lowest BCUT2D eigenvalue weighted by molar-refractivity contribution is -0.136. The molecule has 106 valence electrons. The van der Waals surface area contributed by atoms with Crippen LogP contribution in [0.3, 0.4) is 0 Å². The second kappa shape index (κ2) is 8.63. The van der Waals surface area contributed by atoms with E-state index in [1.165, 1.54) is 0 Å². The zero-order chi connectivity index (χ0) is 14.1. The molecule has 0 unspecified atom stereocenters. The van der Waals surface area contributed by atoms with Gasteiger partial charge in [-0.3, -0.25) is 9.69 Å². The van der Waals surface area contributed by atoms with Crippen LogP contribution in [-0.2, 0) is 22.5 Å². The van der Waals surface area contributed by atoms with Crippen molar-refractivity contribution in [2.45, 2.75) is 13.0 Å². The van der Waals surface area contributed by atoms with Crippen molar-refractivity contribution in [3.8, 4) is 0 Å². The van der Waals surface area contributed by atoms with Crippen LogP contribution >= 0.6 is 0 Å². The fourth-order valence-electron chi connectivity index (χ4n) is 1.83. The van der Waals surface area contributed by atoms with E-state index < -0.39 is 5.97 Å². The van der Waals surface area contributed by atoms with Gasteiger partial charge in [0.2, 0.25) is 0 Å². The molecule has 0 aromatic heterocycles. The summed E-state index contributed by atoms with van der Waals surface area (Å²) >= 11 is 0. The fourth-order valence-corrected chi connectivity index (χ4v) is 1.83. The van der Waals surface area contributed by atoms with Crippen LogP contribution in [0.2, 0.25) is 0 Å². The Morgan fingerprint density at radius 1 is 1.21 bits per heavy atom. The van der Waals surface area contributed by atoms with E-state index in [9.17, 15) is 4.79 Å². The highest BCUT2D eigenvalue weighted by atomic mass is 16.5. The normalized spacial score (nSPS) is 10.9. The first kappa shape index (κ1) is 15.6. The monoisotopic (exact) mass is 267 g/mol. The predicted molar refractivity (Wildman–Crippen MR) is 72.0 cm³/mol.